The first-order valence-corrected chi connectivity index (χ1v) is 4.51. The van der Waals surface area contributed by atoms with Crippen molar-refractivity contribution in [3.05, 3.63) is 11.1 Å². The number of nitrogens with one attached hydrogen (secondary N) is 1. The second-order valence-corrected chi connectivity index (χ2v) is 3.74. The van der Waals surface area contributed by atoms with Crippen molar-refractivity contribution in [3.63, 3.8) is 0 Å². The fourth-order valence-corrected chi connectivity index (χ4v) is 1.52. The number of hydrogen-bond acceptors (Lipinski definition) is 4. The molecule has 1 aromatic rings. The summed E-state index contributed by atoms with van der Waals surface area (Å²) in [4.78, 5) is 4.25. The zero-order chi connectivity index (χ0) is 8.27. The Kier molecular flexibility index (Phi) is 2.84. The standard InChI is InChI=1S/C7H13N3S/c1-5(2)3-6-4-11-7(9-6)10-8/h4-5H,3,8H2,1-2H3,(H,9,10). The summed E-state index contributed by atoms with van der Waals surface area (Å²) in [7, 11) is 0. The molecule has 0 fully saturated rings. The molecule has 0 aliphatic rings. The molecule has 1 heterocycles. The first kappa shape index (κ1) is 8.49. The summed E-state index contributed by atoms with van der Waals surface area (Å²) in [6, 6.07) is 0. The molecule has 0 atom stereocenters. The summed E-state index contributed by atoms with van der Waals surface area (Å²) in [5, 5.41) is 2.83. The fourth-order valence-electron chi connectivity index (χ4n) is 0.885. The van der Waals surface area contributed by atoms with Gasteiger partial charge in [0.25, 0.3) is 0 Å². The predicted molar refractivity (Wildman–Crippen MR) is 48.5 cm³/mol. The van der Waals surface area contributed by atoms with Crippen molar-refractivity contribution in [1.82, 2.24) is 4.98 Å². The van der Waals surface area contributed by atoms with Gasteiger partial charge < -0.3 is 0 Å². The van der Waals surface area contributed by atoms with Crippen LogP contribution >= 0.6 is 11.3 Å². The van der Waals surface area contributed by atoms with E-state index in [1.165, 1.54) is 0 Å². The number of hydrogen-bond donors (Lipinski definition) is 2. The Bertz CT molecular complexity index is 219. The van der Waals surface area contributed by atoms with Crippen LogP contribution < -0.4 is 11.3 Å². The normalized spacial score (nSPS) is 10.5. The van der Waals surface area contributed by atoms with Gasteiger partial charge in [-0.25, -0.2) is 10.8 Å². The van der Waals surface area contributed by atoms with Crippen molar-refractivity contribution in [2.75, 3.05) is 5.43 Å². The highest BCUT2D eigenvalue weighted by Crippen LogP contribution is 2.16. The maximum Gasteiger partial charge on any atom is 0.197 e. The Morgan fingerprint density at radius 1 is 1.73 bits per heavy atom. The zero-order valence-electron chi connectivity index (χ0n) is 6.79. The molecule has 0 aliphatic carbocycles. The van der Waals surface area contributed by atoms with E-state index in [2.05, 4.69) is 24.3 Å². The van der Waals surface area contributed by atoms with E-state index in [0.29, 0.717) is 5.92 Å². The number of anilines is 1. The van der Waals surface area contributed by atoms with Gasteiger partial charge in [0, 0.05) is 5.38 Å². The van der Waals surface area contributed by atoms with Gasteiger partial charge in [-0.15, -0.1) is 11.3 Å². The highest BCUT2D eigenvalue weighted by atomic mass is 32.1. The van der Waals surface area contributed by atoms with Crippen LogP contribution in [0.25, 0.3) is 0 Å². The van der Waals surface area contributed by atoms with E-state index >= 15 is 0 Å². The molecular formula is C7H13N3S. The van der Waals surface area contributed by atoms with Gasteiger partial charge in [-0.05, 0) is 12.3 Å². The lowest BCUT2D eigenvalue weighted by Gasteiger charge is -1.98. The number of thiazole rings is 1. The monoisotopic (exact) mass is 171 g/mol. The SMILES string of the molecule is CC(C)Cc1csc(NN)n1. The third kappa shape index (κ3) is 2.48. The summed E-state index contributed by atoms with van der Waals surface area (Å²) in [6.45, 7) is 4.35. The number of nitrogen functional groups attached to an aromatic ring is 1. The Morgan fingerprint density at radius 3 is 2.91 bits per heavy atom. The third-order valence-electron chi connectivity index (χ3n) is 1.29. The van der Waals surface area contributed by atoms with E-state index in [-0.39, 0.29) is 0 Å². The van der Waals surface area contributed by atoms with Crippen molar-refractivity contribution in [1.29, 1.82) is 0 Å². The highest BCUT2D eigenvalue weighted by Gasteiger charge is 2.01. The molecule has 0 aromatic carbocycles. The second kappa shape index (κ2) is 3.69. The molecule has 0 spiro atoms. The molecule has 3 nitrogen and oxygen atoms in total. The lowest BCUT2D eigenvalue weighted by molar-refractivity contribution is 0.638. The summed E-state index contributed by atoms with van der Waals surface area (Å²) < 4.78 is 0. The number of aromatic nitrogens is 1. The van der Waals surface area contributed by atoms with Crippen LogP contribution in [0.2, 0.25) is 0 Å². The average Bonchev–Trinajstić information content (AvgIpc) is 2.34. The van der Waals surface area contributed by atoms with Gasteiger partial charge in [-0.1, -0.05) is 13.8 Å². The van der Waals surface area contributed by atoms with Crippen LogP contribution in [0, 0.1) is 5.92 Å². The molecule has 1 rings (SSSR count). The molecule has 0 amide bonds. The molecule has 1 aromatic heterocycles. The first-order valence-electron chi connectivity index (χ1n) is 3.63. The molecular weight excluding hydrogens is 158 g/mol. The van der Waals surface area contributed by atoms with Crippen LogP contribution in [-0.4, -0.2) is 4.98 Å². The van der Waals surface area contributed by atoms with Crippen LogP contribution in [0.1, 0.15) is 19.5 Å². The minimum Gasteiger partial charge on any atom is -0.300 e. The summed E-state index contributed by atoms with van der Waals surface area (Å²) in [5.74, 6) is 5.85. The smallest absolute Gasteiger partial charge is 0.197 e. The minimum absolute atomic E-state index is 0.655. The van der Waals surface area contributed by atoms with Crippen LogP contribution in [0.15, 0.2) is 5.38 Å². The van der Waals surface area contributed by atoms with Crippen molar-refractivity contribution in [2.45, 2.75) is 20.3 Å². The third-order valence-corrected chi connectivity index (χ3v) is 2.11. The van der Waals surface area contributed by atoms with Gasteiger partial charge in [0.2, 0.25) is 0 Å². The van der Waals surface area contributed by atoms with Gasteiger partial charge in [0.1, 0.15) is 0 Å². The summed E-state index contributed by atoms with van der Waals surface area (Å²) >= 11 is 1.54. The Morgan fingerprint density at radius 2 is 2.45 bits per heavy atom. The maximum absolute atomic E-state index is 5.19. The molecule has 0 aliphatic heterocycles. The van der Waals surface area contributed by atoms with Crippen LogP contribution in [0.3, 0.4) is 0 Å². The van der Waals surface area contributed by atoms with Crippen molar-refractivity contribution in [2.24, 2.45) is 11.8 Å². The zero-order valence-corrected chi connectivity index (χ0v) is 7.61. The Hall–Kier alpha value is -0.610. The van der Waals surface area contributed by atoms with E-state index < -0.39 is 0 Å². The van der Waals surface area contributed by atoms with Crippen LogP contribution in [0.4, 0.5) is 5.13 Å². The van der Waals surface area contributed by atoms with E-state index in [0.717, 1.165) is 17.2 Å². The largest absolute Gasteiger partial charge is 0.300 e. The molecule has 0 saturated heterocycles. The van der Waals surface area contributed by atoms with E-state index in [1.807, 2.05) is 5.38 Å². The van der Waals surface area contributed by atoms with Crippen LogP contribution in [0.5, 0.6) is 0 Å². The quantitative estimate of drug-likeness (QED) is 0.537. The minimum atomic E-state index is 0.655. The number of hydrazine groups is 1. The first-order chi connectivity index (χ1) is 5.22. The molecule has 0 unspecified atom stereocenters. The molecule has 62 valence electrons. The second-order valence-electron chi connectivity index (χ2n) is 2.89. The summed E-state index contributed by atoms with van der Waals surface area (Å²) in [5.41, 5.74) is 3.65. The Labute approximate surface area is 70.6 Å². The van der Waals surface area contributed by atoms with Crippen molar-refractivity contribution < 1.29 is 0 Å². The molecule has 4 heteroatoms. The molecule has 3 N–H and O–H groups in total. The number of nitrogens with zero attached hydrogens (tertiary/aromatic N) is 1. The predicted octanol–water partition coefficient (Wildman–Crippen LogP) is 1.63. The molecule has 0 radical (unpaired) electrons. The van der Waals surface area contributed by atoms with Gasteiger partial charge in [0.15, 0.2) is 5.13 Å². The van der Waals surface area contributed by atoms with Gasteiger partial charge >= 0.3 is 0 Å². The maximum atomic E-state index is 5.19. The van der Waals surface area contributed by atoms with Crippen molar-refractivity contribution in [3.8, 4) is 0 Å². The number of nitrogens with two attached hydrogens (primary N) is 1. The fraction of sp³-hybridized carbons (Fsp3) is 0.571. The van der Waals surface area contributed by atoms with E-state index in [1.54, 1.807) is 11.3 Å². The Balaban J connectivity index is 2.58. The summed E-state index contributed by atoms with van der Waals surface area (Å²) in [6.07, 6.45) is 1.03. The molecule has 0 saturated carbocycles. The van der Waals surface area contributed by atoms with Gasteiger partial charge in [-0.2, -0.15) is 0 Å². The highest BCUT2D eigenvalue weighted by molar-refractivity contribution is 7.13. The molecule has 11 heavy (non-hydrogen) atoms. The van der Waals surface area contributed by atoms with E-state index in [4.69, 9.17) is 5.84 Å². The van der Waals surface area contributed by atoms with Gasteiger partial charge in [0.05, 0.1) is 5.69 Å². The van der Waals surface area contributed by atoms with E-state index in [9.17, 15) is 0 Å². The van der Waals surface area contributed by atoms with Gasteiger partial charge in [-0.3, -0.25) is 5.43 Å². The topological polar surface area (TPSA) is 50.9 Å². The lowest BCUT2D eigenvalue weighted by Crippen LogP contribution is -2.06. The van der Waals surface area contributed by atoms with Crippen LogP contribution in [-0.2, 0) is 6.42 Å². The molecule has 0 bridgehead atoms. The lowest BCUT2D eigenvalue weighted by atomic mass is 10.1. The average molecular weight is 171 g/mol. The number of rotatable bonds is 3. The van der Waals surface area contributed by atoms with Crippen molar-refractivity contribution >= 4 is 16.5 Å².